The zero-order valence-corrected chi connectivity index (χ0v) is 8.48. The lowest BCUT2D eigenvalue weighted by Gasteiger charge is -2.06. The molecule has 5 nitrogen and oxygen atoms in total. The molecule has 0 radical (unpaired) electrons. The topological polar surface area (TPSA) is 57.9 Å². The number of rotatable bonds is 1. The first kappa shape index (κ1) is 9.08. The highest BCUT2D eigenvalue weighted by Gasteiger charge is 2.24. The second kappa shape index (κ2) is 3.16. The summed E-state index contributed by atoms with van der Waals surface area (Å²) in [5.41, 5.74) is -0.0313. The van der Waals surface area contributed by atoms with E-state index < -0.39 is 5.63 Å². The maximum Gasteiger partial charge on any atom is 0.336 e. The van der Waals surface area contributed by atoms with Gasteiger partial charge >= 0.3 is 5.63 Å². The first-order chi connectivity index (χ1) is 7.79. The fourth-order valence-electron chi connectivity index (χ4n) is 1.71. The monoisotopic (exact) mass is 220 g/mol. The van der Waals surface area contributed by atoms with Crippen molar-refractivity contribution in [3.8, 4) is 17.2 Å². The maximum absolute atomic E-state index is 11.1. The van der Waals surface area contributed by atoms with Crippen LogP contribution in [0.3, 0.4) is 0 Å². The quantitative estimate of drug-likeness (QED) is 0.682. The molecule has 2 aromatic rings. The highest BCUT2D eigenvalue weighted by molar-refractivity contribution is 5.88. The van der Waals surface area contributed by atoms with Gasteiger partial charge in [-0.2, -0.15) is 0 Å². The van der Waals surface area contributed by atoms with Crippen molar-refractivity contribution in [3.63, 3.8) is 0 Å². The van der Waals surface area contributed by atoms with E-state index in [0.29, 0.717) is 22.8 Å². The molecule has 1 aliphatic heterocycles. The average Bonchev–Trinajstić information content (AvgIpc) is 2.77. The Morgan fingerprint density at radius 3 is 2.88 bits per heavy atom. The number of hydrogen-bond donors (Lipinski definition) is 0. The molecule has 3 rings (SSSR count). The summed E-state index contributed by atoms with van der Waals surface area (Å²) in [6.45, 7) is 0.101. The maximum atomic E-state index is 11.1. The molecule has 0 amide bonds. The summed E-state index contributed by atoms with van der Waals surface area (Å²) in [4.78, 5) is 11.1. The highest BCUT2D eigenvalue weighted by Crippen LogP contribution is 2.45. The molecule has 5 heteroatoms. The van der Waals surface area contributed by atoms with Gasteiger partial charge in [-0.05, 0) is 12.1 Å². The van der Waals surface area contributed by atoms with E-state index in [2.05, 4.69) is 0 Å². The van der Waals surface area contributed by atoms with Gasteiger partial charge in [0, 0.05) is 11.5 Å². The fourth-order valence-corrected chi connectivity index (χ4v) is 1.71. The smallest absolute Gasteiger partial charge is 0.336 e. The van der Waals surface area contributed by atoms with Gasteiger partial charge in [-0.1, -0.05) is 0 Å². The summed E-state index contributed by atoms with van der Waals surface area (Å²) >= 11 is 0. The predicted octanol–water partition coefficient (Wildman–Crippen LogP) is 1.53. The Morgan fingerprint density at radius 1 is 1.25 bits per heavy atom. The van der Waals surface area contributed by atoms with Crippen LogP contribution in [0.15, 0.2) is 27.4 Å². The first-order valence-electron chi connectivity index (χ1n) is 4.70. The van der Waals surface area contributed by atoms with Crippen LogP contribution in [0.5, 0.6) is 17.2 Å². The van der Waals surface area contributed by atoms with Gasteiger partial charge in [0.15, 0.2) is 11.3 Å². The third-order valence-electron chi connectivity index (χ3n) is 2.41. The number of hydrogen-bond acceptors (Lipinski definition) is 5. The van der Waals surface area contributed by atoms with Gasteiger partial charge in [-0.3, -0.25) is 0 Å². The number of methoxy groups -OCH3 is 1. The zero-order valence-electron chi connectivity index (χ0n) is 8.48. The van der Waals surface area contributed by atoms with Crippen molar-refractivity contribution in [1.82, 2.24) is 0 Å². The third kappa shape index (κ3) is 1.14. The molecule has 1 aromatic heterocycles. The molecule has 0 atom stereocenters. The molecule has 0 unspecified atom stereocenters. The van der Waals surface area contributed by atoms with Gasteiger partial charge in [0.1, 0.15) is 0 Å². The van der Waals surface area contributed by atoms with E-state index in [1.54, 1.807) is 19.2 Å². The number of ether oxygens (including phenoxy) is 3. The minimum Gasteiger partial charge on any atom is -0.493 e. The molecule has 0 N–H and O–H groups in total. The second-order valence-corrected chi connectivity index (χ2v) is 3.32. The van der Waals surface area contributed by atoms with Gasteiger partial charge in [-0.25, -0.2) is 4.79 Å². The van der Waals surface area contributed by atoms with Crippen molar-refractivity contribution in [2.75, 3.05) is 13.9 Å². The van der Waals surface area contributed by atoms with Crippen LogP contribution in [0.4, 0.5) is 0 Å². The van der Waals surface area contributed by atoms with E-state index in [9.17, 15) is 4.79 Å². The molecule has 0 aliphatic carbocycles. The zero-order chi connectivity index (χ0) is 11.1. The van der Waals surface area contributed by atoms with Crippen LogP contribution in [-0.4, -0.2) is 13.9 Å². The SMILES string of the molecule is COc1cc2ccc(=O)oc2c2c1OCO2. The molecule has 1 aromatic carbocycles. The van der Waals surface area contributed by atoms with Crippen LogP contribution in [0.25, 0.3) is 11.0 Å². The Bertz CT molecular complexity index is 614. The van der Waals surface area contributed by atoms with E-state index in [1.165, 1.54) is 6.07 Å². The van der Waals surface area contributed by atoms with Crippen LogP contribution in [0.2, 0.25) is 0 Å². The van der Waals surface area contributed by atoms with Gasteiger partial charge in [0.2, 0.25) is 18.3 Å². The van der Waals surface area contributed by atoms with Crippen molar-refractivity contribution < 1.29 is 18.6 Å². The third-order valence-corrected chi connectivity index (χ3v) is 2.41. The molecular formula is C11H8O5. The van der Waals surface area contributed by atoms with Crippen LogP contribution >= 0.6 is 0 Å². The van der Waals surface area contributed by atoms with Crippen molar-refractivity contribution in [1.29, 1.82) is 0 Å². The highest BCUT2D eigenvalue weighted by atomic mass is 16.7. The van der Waals surface area contributed by atoms with E-state index in [-0.39, 0.29) is 6.79 Å². The largest absolute Gasteiger partial charge is 0.493 e. The van der Waals surface area contributed by atoms with E-state index in [4.69, 9.17) is 18.6 Å². The van der Waals surface area contributed by atoms with Crippen molar-refractivity contribution in [2.24, 2.45) is 0 Å². The lowest BCUT2D eigenvalue weighted by Crippen LogP contribution is -1.96. The molecular weight excluding hydrogens is 212 g/mol. The Morgan fingerprint density at radius 2 is 2.06 bits per heavy atom. The second-order valence-electron chi connectivity index (χ2n) is 3.32. The van der Waals surface area contributed by atoms with Crippen LogP contribution in [0.1, 0.15) is 0 Å². The summed E-state index contributed by atoms with van der Waals surface area (Å²) < 4.78 is 20.8. The molecule has 0 saturated carbocycles. The summed E-state index contributed by atoms with van der Waals surface area (Å²) in [6, 6.07) is 4.75. The van der Waals surface area contributed by atoms with Gasteiger partial charge in [-0.15, -0.1) is 0 Å². The molecule has 0 spiro atoms. The molecule has 0 bridgehead atoms. The van der Waals surface area contributed by atoms with E-state index in [0.717, 1.165) is 5.39 Å². The Labute approximate surface area is 90.1 Å². The van der Waals surface area contributed by atoms with Gasteiger partial charge < -0.3 is 18.6 Å². The summed E-state index contributed by atoms with van der Waals surface area (Å²) in [5.74, 6) is 1.46. The Balaban J connectivity index is 2.43. The molecule has 2 heterocycles. The van der Waals surface area contributed by atoms with E-state index >= 15 is 0 Å². The van der Waals surface area contributed by atoms with Crippen molar-refractivity contribution in [3.05, 3.63) is 28.6 Å². The van der Waals surface area contributed by atoms with Crippen molar-refractivity contribution >= 4 is 11.0 Å². The van der Waals surface area contributed by atoms with Gasteiger partial charge in [0.25, 0.3) is 0 Å². The molecule has 16 heavy (non-hydrogen) atoms. The minimum absolute atomic E-state index is 0.101. The first-order valence-corrected chi connectivity index (χ1v) is 4.70. The lowest BCUT2D eigenvalue weighted by atomic mass is 10.2. The van der Waals surface area contributed by atoms with Crippen LogP contribution in [-0.2, 0) is 0 Å². The van der Waals surface area contributed by atoms with Crippen molar-refractivity contribution in [2.45, 2.75) is 0 Å². The standard InChI is InChI=1S/C11H8O5/c1-13-7-4-6-2-3-8(12)16-9(6)11-10(7)14-5-15-11/h2-4H,5H2,1H3. The Kier molecular flexibility index (Phi) is 1.80. The predicted molar refractivity (Wildman–Crippen MR) is 55.2 cm³/mol. The van der Waals surface area contributed by atoms with Gasteiger partial charge in [0.05, 0.1) is 7.11 Å². The lowest BCUT2D eigenvalue weighted by molar-refractivity contribution is 0.171. The molecule has 0 saturated heterocycles. The Hall–Kier alpha value is -2.17. The van der Waals surface area contributed by atoms with Crippen LogP contribution < -0.4 is 19.8 Å². The minimum atomic E-state index is -0.421. The number of benzene rings is 1. The fraction of sp³-hybridized carbons (Fsp3) is 0.182. The number of fused-ring (bicyclic) bond motifs is 3. The summed E-state index contributed by atoms with van der Waals surface area (Å²) in [6.07, 6.45) is 0. The summed E-state index contributed by atoms with van der Waals surface area (Å²) in [7, 11) is 1.54. The normalized spacial score (nSPS) is 13.1. The molecule has 0 fully saturated rings. The van der Waals surface area contributed by atoms with Crippen LogP contribution in [0, 0.1) is 0 Å². The molecule has 82 valence electrons. The summed E-state index contributed by atoms with van der Waals surface area (Å²) in [5, 5.41) is 0.737. The molecule has 1 aliphatic rings. The average molecular weight is 220 g/mol. The van der Waals surface area contributed by atoms with E-state index in [1.807, 2.05) is 0 Å².